The lowest BCUT2D eigenvalue weighted by atomic mass is 10.2. The van der Waals surface area contributed by atoms with Crippen molar-refractivity contribution in [1.82, 2.24) is 4.83 Å². The van der Waals surface area contributed by atoms with E-state index in [0.29, 0.717) is 26.9 Å². The highest BCUT2D eigenvalue weighted by molar-refractivity contribution is 7.89. The first-order valence-corrected chi connectivity index (χ1v) is 10.5. The normalized spacial score (nSPS) is 11.4. The van der Waals surface area contributed by atoms with Crippen LogP contribution in [-0.4, -0.2) is 20.6 Å². The quantitative estimate of drug-likeness (QED) is 0.260. The van der Waals surface area contributed by atoms with Crippen molar-refractivity contribution in [2.75, 3.05) is 0 Å². The Morgan fingerprint density at radius 2 is 1.41 bits per heavy atom. The van der Waals surface area contributed by atoms with Gasteiger partial charge in [0, 0.05) is 10.0 Å². The number of halogens is 2. The molecule has 0 bridgehead atoms. The minimum absolute atomic E-state index is 0.0449. The molecule has 148 valence electrons. The minimum atomic E-state index is -3.79. The number of rotatable bonds is 6. The van der Waals surface area contributed by atoms with Crippen molar-refractivity contribution < 1.29 is 17.9 Å². The number of hydrogen-bond acceptors (Lipinski definition) is 5. The zero-order valence-corrected chi connectivity index (χ0v) is 17.1. The average molecular weight is 449 g/mol. The molecular formula is C20H14Cl2N2O4S. The lowest BCUT2D eigenvalue weighted by Gasteiger charge is -2.05. The van der Waals surface area contributed by atoms with E-state index in [-0.39, 0.29) is 4.90 Å². The highest BCUT2D eigenvalue weighted by Crippen LogP contribution is 2.16. The van der Waals surface area contributed by atoms with Crippen LogP contribution in [0.25, 0.3) is 0 Å². The third-order valence-electron chi connectivity index (χ3n) is 3.68. The molecule has 0 saturated carbocycles. The second-order valence-electron chi connectivity index (χ2n) is 5.77. The lowest BCUT2D eigenvalue weighted by molar-refractivity contribution is 0.0734. The molecule has 0 saturated heterocycles. The summed E-state index contributed by atoms with van der Waals surface area (Å²) in [6.07, 6.45) is 1.33. The Labute approximate surface area is 177 Å². The second-order valence-corrected chi connectivity index (χ2v) is 8.31. The first-order chi connectivity index (χ1) is 13.8. The van der Waals surface area contributed by atoms with Gasteiger partial charge in [0.1, 0.15) is 5.75 Å². The summed E-state index contributed by atoms with van der Waals surface area (Å²) in [6, 6.07) is 18.4. The molecule has 6 nitrogen and oxygen atoms in total. The van der Waals surface area contributed by atoms with E-state index in [9.17, 15) is 13.2 Å². The van der Waals surface area contributed by atoms with Crippen LogP contribution in [0.2, 0.25) is 10.0 Å². The predicted octanol–water partition coefficient (Wildman–Crippen LogP) is 4.53. The molecule has 0 fully saturated rings. The lowest BCUT2D eigenvalue weighted by Crippen LogP contribution is -2.18. The van der Waals surface area contributed by atoms with Gasteiger partial charge in [-0.2, -0.15) is 13.5 Å². The first-order valence-electron chi connectivity index (χ1n) is 8.22. The zero-order chi connectivity index (χ0) is 20.9. The number of carbonyl (C=O) groups excluding carboxylic acids is 1. The van der Waals surface area contributed by atoms with Gasteiger partial charge in [0.05, 0.1) is 16.7 Å². The molecular weight excluding hydrogens is 435 g/mol. The molecule has 0 aliphatic heterocycles. The van der Waals surface area contributed by atoms with Gasteiger partial charge in [0.25, 0.3) is 10.0 Å². The zero-order valence-electron chi connectivity index (χ0n) is 14.7. The molecule has 0 aliphatic carbocycles. The summed E-state index contributed by atoms with van der Waals surface area (Å²) in [6.45, 7) is 0. The van der Waals surface area contributed by atoms with Crippen LogP contribution < -0.4 is 9.57 Å². The Hall–Kier alpha value is -2.87. The molecule has 3 rings (SSSR count). The van der Waals surface area contributed by atoms with E-state index < -0.39 is 16.0 Å². The Morgan fingerprint density at radius 1 is 0.862 bits per heavy atom. The van der Waals surface area contributed by atoms with Crippen LogP contribution in [0.1, 0.15) is 15.9 Å². The summed E-state index contributed by atoms with van der Waals surface area (Å²) in [7, 11) is -3.79. The standard InChI is InChI=1S/C20H14Cl2N2O4S/c21-16-5-3-15(4-6-16)20(25)28-18-9-1-14(2-10-18)13-23-24-29(26,27)19-11-7-17(22)8-12-19/h1-13,24H/b23-13-. The number of nitrogens with zero attached hydrogens (tertiary/aromatic N) is 1. The van der Waals surface area contributed by atoms with Gasteiger partial charge >= 0.3 is 5.97 Å². The van der Waals surface area contributed by atoms with E-state index in [1.807, 2.05) is 0 Å². The van der Waals surface area contributed by atoms with Gasteiger partial charge in [-0.1, -0.05) is 23.2 Å². The van der Waals surface area contributed by atoms with E-state index in [1.165, 1.54) is 30.5 Å². The summed E-state index contributed by atoms with van der Waals surface area (Å²) in [5, 5.41) is 4.70. The molecule has 1 N–H and O–H groups in total. The van der Waals surface area contributed by atoms with Crippen LogP contribution in [0, 0.1) is 0 Å². The Morgan fingerprint density at radius 3 is 2.00 bits per heavy atom. The van der Waals surface area contributed by atoms with E-state index in [2.05, 4.69) is 9.93 Å². The molecule has 0 spiro atoms. The smallest absolute Gasteiger partial charge is 0.343 e. The van der Waals surface area contributed by atoms with Gasteiger partial charge in [-0.3, -0.25) is 0 Å². The van der Waals surface area contributed by atoms with Crippen molar-refractivity contribution in [1.29, 1.82) is 0 Å². The fourth-order valence-corrected chi connectivity index (χ4v) is 3.25. The molecule has 0 radical (unpaired) electrons. The summed E-state index contributed by atoms with van der Waals surface area (Å²) in [4.78, 5) is 14.2. The van der Waals surface area contributed by atoms with E-state index in [4.69, 9.17) is 27.9 Å². The van der Waals surface area contributed by atoms with Crippen molar-refractivity contribution in [3.8, 4) is 5.75 Å². The number of ether oxygens (including phenoxy) is 1. The summed E-state index contributed by atoms with van der Waals surface area (Å²) < 4.78 is 29.5. The van der Waals surface area contributed by atoms with E-state index in [1.54, 1.807) is 48.5 Å². The number of hydrogen-bond donors (Lipinski definition) is 1. The third kappa shape index (κ3) is 5.80. The molecule has 3 aromatic rings. The number of esters is 1. The third-order valence-corrected chi connectivity index (χ3v) is 5.42. The van der Waals surface area contributed by atoms with Gasteiger partial charge in [-0.15, -0.1) is 0 Å². The number of sulfonamides is 1. The summed E-state index contributed by atoms with van der Waals surface area (Å²) in [5.74, 6) is -0.178. The summed E-state index contributed by atoms with van der Waals surface area (Å²) in [5.41, 5.74) is 0.978. The Kier molecular flexibility index (Phi) is 6.53. The molecule has 3 aromatic carbocycles. The fourth-order valence-electron chi connectivity index (χ4n) is 2.21. The van der Waals surface area contributed by atoms with Gasteiger partial charge < -0.3 is 4.74 Å². The van der Waals surface area contributed by atoms with Crippen molar-refractivity contribution in [2.24, 2.45) is 5.10 Å². The van der Waals surface area contributed by atoms with E-state index in [0.717, 1.165) is 0 Å². The van der Waals surface area contributed by atoms with Gasteiger partial charge in [0.15, 0.2) is 0 Å². The molecule has 0 atom stereocenters. The summed E-state index contributed by atoms with van der Waals surface area (Å²) >= 11 is 11.5. The van der Waals surface area contributed by atoms with Crippen LogP contribution in [0.4, 0.5) is 0 Å². The maximum atomic E-state index is 12.1. The molecule has 0 amide bonds. The first kappa shape index (κ1) is 20.9. The van der Waals surface area contributed by atoms with Crippen LogP contribution >= 0.6 is 23.2 Å². The van der Waals surface area contributed by atoms with Crippen molar-refractivity contribution in [2.45, 2.75) is 4.90 Å². The molecule has 29 heavy (non-hydrogen) atoms. The van der Waals surface area contributed by atoms with Crippen LogP contribution in [0.15, 0.2) is 82.8 Å². The molecule has 0 aromatic heterocycles. The largest absolute Gasteiger partial charge is 0.423 e. The minimum Gasteiger partial charge on any atom is -0.423 e. The van der Waals surface area contributed by atoms with Crippen molar-refractivity contribution in [3.05, 3.63) is 94.0 Å². The predicted molar refractivity (Wildman–Crippen MR) is 112 cm³/mol. The van der Waals surface area contributed by atoms with Crippen LogP contribution in [0.3, 0.4) is 0 Å². The highest BCUT2D eigenvalue weighted by atomic mass is 35.5. The maximum absolute atomic E-state index is 12.1. The molecule has 0 unspecified atom stereocenters. The van der Waals surface area contributed by atoms with Gasteiger partial charge in [-0.25, -0.2) is 9.63 Å². The molecule has 0 heterocycles. The Bertz CT molecular complexity index is 1130. The monoisotopic (exact) mass is 448 g/mol. The Balaban J connectivity index is 1.60. The van der Waals surface area contributed by atoms with Crippen LogP contribution in [0.5, 0.6) is 5.75 Å². The van der Waals surface area contributed by atoms with Gasteiger partial charge in [-0.05, 0) is 78.4 Å². The topological polar surface area (TPSA) is 84.8 Å². The SMILES string of the molecule is O=C(Oc1ccc(/C=N\NS(=O)(=O)c2ccc(Cl)cc2)cc1)c1ccc(Cl)cc1. The van der Waals surface area contributed by atoms with Crippen molar-refractivity contribution >= 4 is 45.4 Å². The van der Waals surface area contributed by atoms with Gasteiger partial charge in [0.2, 0.25) is 0 Å². The average Bonchev–Trinajstić information content (AvgIpc) is 2.70. The van der Waals surface area contributed by atoms with Crippen LogP contribution in [-0.2, 0) is 10.0 Å². The number of carbonyl (C=O) groups is 1. The molecule has 0 aliphatic rings. The second kappa shape index (κ2) is 9.09. The highest BCUT2D eigenvalue weighted by Gasteiger charge is 2.12. The number of hydrazone groups is 1. The van der Waals surface area contributed by atoms with E-state index >= 15 is 0 Å². The maximum Gasteiger partial charge on any atom is 0.343 e. The number of nitrogens with one attached hydrogen (secondary N) is 1. The van der Waals surface area contributed by atoms with Crippen molar-refractivity contribution in [3.63, 3.8) is 0 Å². The number of benzene rings is 3. The fraction of sp³-hybridized carbons (Fsp3) is 0. The molecule has 9 heteroatoms.